The zero-order valence-corrected chi connectivity index (χ0v) is 12.3. The molecule has 0 aromatic rings. The normalized spacial score (nSPS) is 12.4. The average molecular weight is 261 g/mol. The van der Waals surface area contributed by atoms with Crippen molar-refractivity contribution >= 4 is 11.9 Å². The van der Waals surface area contributed by atoms with Crippen LogP contribution in [0.5, 0.6) is 0 Å². The van der Waals surface area contributed by atoms with Crippen LogP contribution >= 0.6 is 0 Å². The van der Waals surface area contributed by atoms with Crippen LogP contribution in [-0.4, -0.2) is 28.7 Å². The van der Waals surface area contributed by atoms with E-state index in [0.717, 1.165) is 6.92 Å². The van der Waals surface area contributed by atoms with Crippen LogP contribution in [-0.2, 0) is 14.3 Å². The summed E-state index contributed by atoms with van der Waals surface area (Å²) < 4.78 is 5.17. The Balaban J connectivity index is 0. The molecule has 5 nitrogen and oxygen atoms in total. The van der Waals surface area contributed by atoms with Crippen molar-refractivity contribution in [2.45, 2.75) is 66.0 Å². The number of carbonyl (C=O) groups excluding carboxylic acids is 1. The van der Waals surface area contributed by atoms with Crippen LogP contribution in [0.2, 0.25) is 0 Å². The molecule has 0 aliphatic heterocycles. The highest BCUT2D eigenvalue weighted by Crippen LogP contribution is 2.11. The lowest BCUT2D eigenvalue weighted by molar-refractivity contribution is -0.155. The third-order valence-corrected chi connectivity index (χ3v) is 1.96. The van der Waals surface area contributed by atoms with Crippen LogP contribution in [0.25, 0.3) is 0 Å². The number of rotatable bonds is 4. The summed E-state index contributed by atoms with van der Waals surface area (Å²) in [6.45, 7) is 10.8. The number of carboxylic acid groups (broad SMARTS) is 1. The summed E-state index contributed by atoms with van der Waals surface area (Å²) in [7, 11) is 0. The molecule has 0 unspecified atom stereocenters. The Morgan fingerprint density at radius 1 is 1.28 bits per heavy atom. The van der Waals surface area contributed by atoms with E-state index in [9.17, 15) is 4.79 Å². The van der Waals surface area contributed by atoms with Crippen LogP contribution in [0.4, 0.5) is 0 Å². The van der Waals surface area contributed by atoms with Gasteiger partial charge in [0, 0.05) is 19.4 Å². The van der Waals surface area contributed by atoms with Gasteiger partial charge < -0.3 is 15.6 Å². The third-order valence-electron chi connectivity index (χ3n) is 1.96. The van der Waals surface area contributed by atoms with Crippen molar-refractivity contribution in [2.24, 2.45) is 11.7 Å². The second kappa shape index (κ2) is 8.91. The minimum absolute atomic E-state index is 0.0857. The molecule has 108 valence electrons. The lowest BCUT2D eigenvalue weighted by Crippen LogP contribution is -2.29. The van der Waals surface area contributed by atoms with Gasteiger partial charge in [-0.3, -0.25) is 9.59 Å². The lowest BCUT2D eigenvalue weighted by atomic mass is 10.0. The molecule has 18 heavy (non-hydrogen) atoms. The largest absolute Gasteiger partial charge is 0.481 e. The summed E-state index contributed by atoms with van der Waals surface area (Å²) in [5.41, 5.74) is 5.43. The average Bonchev–Trinajstić information content (AvgIpc) is 2.10. The number of esters is 1. The minimum Gasteiger partial charge on any atom is -0.481 e. The van der Waals surface area contributed by atoms with Gasteiger partial charge >= 0.3 is 5.97 Å². The summed E-state index contributed by atoms with van der Waals surface area (Å²) in [6.07, 6.45) is 1.11. The summed E-state index contributed by atoms with van der Waals surface area (Å²) in [5, 5.41) is 7.42. The maximum absolute atomic E-state index is 11.3. The molecule has 3 N–H and O–H groups in total. The van der Waals surface area contributed by atoms with E-state index in [1.54, 1.807) is 0 Å². The zero-order valence-electron chi connectivity index (χ0n) is 12.3. The maximum atomic E-state index is 11.3. The first kappa shape index (κ1) is 19.2. The lowest BCUT2D eigenvalue weighted by Gasteiger charge is -2.20. The Hall–Kier alpha value is -1.10. The van der Waals surface area contributed by atoms with Crippen molar-refractivity contribution < 1.29 is 19.4 Å². The summed E-state index contributed by atoms with van der Waals surface area (Å²) in [6, 6.07) is 0.0857. The topological polar surface area (TPSA) is 89.6 Å². The molecule has 0 saturated heterocycles. The number of hydrogen-bond acceptors (Lipinski definition) is 4. The molecule has 0 radical (unpaired) electrons. The van der Waals surface area contributed by atoms with Crippen LogP contribution in [0.1, 0.15) is 54.4 Å². The number of nitrogens with two attached hydrogens (primary N) is 1. The van der Waals surface area contributed by atoms with Crippen molar-refractivity contribution in [1.29, 1.82) is 0 Å². The van der Waals surface area contributed by atoms with Crippen molar-refractivity contribution in [2.75, 3.05) is 0 Å². The number of carbonyl (C=O) groups is 2. The van der Waals surface area contributed by atoms with Gasteiger partial charge in [-0.2, -0.15) is 0 Å². The standard InChI is InChI=1S/C11H23NO2.C2H4O2/c1-8(2)9(12)6-7-10(13)14-11(3,4)5;1-2(3)4/h8-9H,6-7,12H2,1-5H3;1H3,(H,3,4)/t9-;/m0./s1. The molecule has 0 bridgehead atoms. The Morgan fingerprint density at radius 3 is 1.94 bits per heavy atom. The fraction of sp³-hybridized carbons (Fsp3) is 0.846. The molecule has 0 rings (SSSR count). The van der Waals surface area contributed by atoms with E-state index in [1.165, 1.54) is 0 Å². The van der Waals surface area contributed by atoms with Gasteiger partial charge in [-0.1, -0.05) is 13.8 Å². The van der Waals surface area contributed by atoms with E-state index in [-0.39, 0.29) is 17.6 Å². The molecule has 5 heteroatoms. The maximum Gasteiger partial charge on any atom is 0.306 e. The molecular weight excluding hydrogens is 234 g/mol. The van der Waals surface area contributed by atoms with Gasteiger partial charge in [-0.05, 0) is 33.1 Å². The van der Waals surface area contributed by atoms with Gasteiger partial charge in [-0.15, -0.1) is 0 Å². The van der Waals surface area contributed by atoms with E-state index in [4.69, 9.17) is 20.4 Å². The molecule has 0 saturated carbocycles. The Kier molecular flexibility index (Phi) is 9.53. The molecule has 0 aliphatic carbocycles. The molecule has 0 aromatic carbocycles. The van der Waals surface area contributed by atoms with Gasteiger partial charge in [0.1, 0.15) is 5.60 Å². The molecule has 0 amide bonds. The van der Waals surface area contributed by atoms with Crippen molar-refractivity contribution in [1.82, 2.24) is 0 Å². The van der Waals surface area contributed by atoms with Crippen LogP contribution in [0.15, 0.2) is 0 Å². The highest BCUT2D eigenvalue weighted by atomic mass is 16.6. The zero-order chi connectivity index (χ0) is 14.9. The number of hydrogen-bond donors (Lipinski definition) is 2. The highest BCUT2D eigenvalue weighted by molar-refractivity contribution is 5.69. The first-order valence-electron chi connectivity index (χ1n) is 6.12. The molecule has 0 aliphatic rings. The fourth-order valence-corrected chi connectivity index (χ4v) is 1.01. The van der Waals surface area contributed by atoms with Gasteiger partial charge in [0.05, 0.1) is 0 Å². The molecule has 1 atom stereocenters. The molecule has 0 heterocycles. The van der Waals surface area contributed by atoms with E-state index < -0.39 is 5.97 Å². The van der Waals surface area contributed by atoms with Gasteiger partial charge in [-0.25, -0.2) is 0 Å². The number of ether oxygens (including phenoxy) is 1. The predicted molar refractivity (Wildman–Crippen MR) is 71.2 cm³/mol. The Bertz CT molecular complexity index is 252. The summed E-state index contributed by atoms with van der Waals surface area (Å²) in [5.74, 6) is -0.578. The molecule has 0 spiro atoms. The second-order valence-electron chi connectivity index (χ2n) is 5.55. The second-order valence-corrected chi connectivity index (χ2v) is 5.55. The van der Waals surface area contributed by atoms with Crippen molar-refractivity contribution in [3.63, 3.8) is 0 Å². The first-order valence-corrected chi connectivity index (χ1v) is 6.12. The quantitative estimate of drug-likeness (QED) is 0.757. The van der Waals surface area contributed by atoms with E-state index in [0.29, 0.717) is 18.8 Å². The smallest absolute Gasteiger partial charge is 0.306 e. The molecule has 0 aromatic heterocycles. The van der Waals surface area contributed by atoms with Crippen LogP contribution < -0.4 is 5.73 Å². The Morgan fingerprint density at radius 2 is 1.67 bits per heavy atom. The van der Waals surface area contributed by atoms with E-state index in [1.807, 2.05) is 20.8 Å². The molecular formula is C13H27NO4. The Labute approximate surface area is 110 Å². The van der Waals surface area contributed by atoms with E-state index >= 15 is 0 Å². The fourth-order valence-electron chi connectivity index (χ4n) is 1.01. The van der Waals surface area contributed by atoms with Gasteiger partial charge in [0.15, 0.2) is 0 Å². The summed E-state index contributed by atoms with van der Waals surface area (Å²) in [4.78, 5) is 20.3. The number of aliphatic carboxylic acids is 1. The third kappa shape index (κ3) is 17.3. The van der Waals surface area contributed by atoms with Gasteiger partial charge in [0.2, 0.25) is 0 Å². The first-order chi connectivity index (χ1) is 7.95. The SMILES string of the molecule is CC(=O)O.CC(C)[C@@H](N)CCC(=O)OC(C)(C)C. The van der Waals surface area contributed by atoms with Crippen LogP contribution in [0.3, 0.4) is 0 Å². The number of carboxylic acids is 1. The van der Waals surface area contributed by atoms with Crippen molar-refractivity contribution in [3.8, 4) is 0 Å². The van der Waals surface area contributed by atoms with E-state index in [2.05, 4.69) is 13.8 Å². The molecule has 0 fully saturated rings. The summed E-state index contributed by atoms with van der Waals surface area (Å²) >= 11 is 0. The van der Waals surface area contributed by atoms with Crippen LogP contribution in [0, 0.1) is 5.92 Å². The monoisotopic (exact) mass is 261 g/mol. The van der Waals surface area contributed by atoms with Crippen molar-refractivity contribution in [3.05, 3.63) is 0 Å². The van der Waals surface area contributed by atoms with Gasteiger partial charge in [0.25, 0.3) is 5.97 Å². The highest BCUT2D eigenvalue weighted by Gasteiger charge is 2.17. The predicted octanol–water partition coefficient (Wildman–Crippen LogP) is 2.18. The minimum atomic E-state index is -0.833.